The molecule has 0 aliphatic heterocycles. The number of ether oxygens (including phenoxy) is 1. The molecule has 0 fully saturated rings. The topological polar surface area (TPSA) is 81.9 Å². The van der Waals surface area contributed by atoms with Crippen LogP contribution in [-0.2, 0) is 4.79 Å². The van der Waals surface area contributed by atoms with Gasteiger partial charge in [-0.2, -0.15) is 4.68 Å². The van der Waals surface area contributed by atoms with E-state index in [1.54, 1.807) is 11.8 Å². The summed E-state index contributed by atoms with van der Waals surface area (Å²) in [6.07, 6.45) is 8.14. The van der Waals surface area contributed by atoms with Gasteiger partial charge >= 0.3 is 0 Å². The molecule has 27 heavy (non-hydrogen) atoms. The molecular weight excluding hydrogens is 362 g/mol. The second kappa shape index (κ2) is 9.55. The minimum absolute atomic E-state index is 0.000639. The van der Waals surface area contributed by atoms with E-state index in [1.807, 2.05) is 31.2 Å². The van der Waals surface area contributed by atoms with Crippen molar-refractivity contribution < 1.29 is 9.53 Å². The molecule has 1 aliphatic rings. The van der Waals surface area contributed by atoms with Gasteiger partial charge in [-0.05, 0) is 73.7 Å². The predicted molar refractivity (Wildman–Crippen MR) is 105 cm³/mol. The molecule has 0 radical (unpaired) electrons. The molecule has 0 spiro atoms. The van der Waals surface area contributed by atoms with Crippen LogP contribution in [0.15, 0.2) is 41.1 Å². The Labute approximate surface area is 163 Å². The Morgan fingerprint density at radius 3 is 2.85 bits per heavy atom. The van der Waals surface area contributed by atoms with Crippen LogP contribution in [0.4, 0.5) is 0 Å². The molecule has 7 nitrogen and oxygen atoms in total. The Morgan fingerprint density at radius 2 is 2.15 bits per heavy atom. The molecule has 1 amide bonds. The maximum absolute atomic E-state index is 12.4. The number of rotatable bonds is 8. The summed E-state index contributed by atoms with van der Waals surface area (Å²) in [6, 6.07) is 7.45. The Hall–Kier alpha value is -2.35. The van der Waals surface area contributed by atoms with Crippen molar-refractivity contribution in [1.29, 1.82) is 0 Å². The predicted octanol–water partition coefficient (Wildman–Crippen LogP) is 3.16. The van der Waals surface area contributed by atoms with E-state index in [0.29, 0.717) is 11.7 Å². The lowest BCUT2D eigenvalue weighted by atomic mass is 9.97. The third-order valence-corrected chi connectivity index (χ3v) is 5.57. The Kier molecular flexibility index (Phi) is 6.86. The monoisotopic (exact) mass is 387 g/mol. The van der Waals surface area contributed by atoms with Crippen LogP contribution in [0.3, 0.4) is 0 Å². The van der Waals surface area contributed by atoms with Gasteiger partial charge in [0.25, 0.3) is 0 Å². The molecular formula is C19H25N5O2S. The standard InChI is InChI=1S/C19H25N5O2S/c1-14(18(25)20-13-12-15-6-4-3-5-7-15)27-19-21-22-23-24(19)16-8-10-17(26-2)11-9-16/h6,8-11,14H,3-5,7,12-13H2,1-2H3,(H,20,25)/t14-/m0/s1. The molecule has 1 aromatic heterocycles. The first kappa shape index (κ1) is 19.4. The number of nitrogens with one attached hydrogen (secondary N) is 1. The van der Waals surface area contributed by atoms with Gasteiger partial charge in [-0.1, -0.05) is 23.4 Å². The molecule has 144 valence electrons. The average molecular weight is 388 g/mol. The number of hydrogen-bond donors (Lipinski definition) is 1. The normalized spacial score (nSPS) is 15.1. The number of allylic oxidation sites excluding steroid dienone is 1. The Balaban J connectivity index is 1.54. The second-order valence-corrected chi connectivity index (χ2v) is 7.79. The van der Waals surface area contributed by atoms with Crippen LogP contribution in [0, 0.1) is 0 Å². The number of nitrogens with zero attached hydrogens (tertiary/aromatic N) is 4. The lowest BCUT2D eigenvalue weighted by Crippen LogP contribution is -2.32. The number of carbonyl (C=O) groups excluding carboxylic acids is 1. The van der Waals surface area contributed by atoms with Gasteiger partial charge in [0.2, 0.25) is 11.1 Å². The third kappa shape index (κ3) is 5.32. The molecule has 1 aliphatic carbocycles. The van der Waals surface area contributed by atoms with E-state index in [1.165, 1.54) is 36.6 Å². The van der Waals surface area contributed by atoms with E-state index < -0.39 is 0 Å². The summed E-state index contributed by atoms with van der Waals surface area (Å²) in [5.41, 5.74) is 2.28. The van der Waals surface area contributed by atoms with E-state index in [4.69, 9.17) is 4.74 Å². The second-order valence-electron chi connectivity index (χ2n) is 6.48. The zero-order chi connectivity index (χ0) is 19.1. The highest BCUT2D eigenvalue weighted by atomic mass is 32.2. The molecule has 0 saturated heterocycles. The van der Waals surface area contributed by atoms with Crippen molar-refractivity contribution in [3.63, 3.8) is 0 Å². The average Bonchev–Trinajstić information content (AvgIpc) is 3.16. The summed E-state index contributed by atoms with van der Waals surface area (Å²) >= 11 is 1.34. The van der Waals surface area contributed by atoms with E-state index in [9.17, 15) is 4.79 Å². The molecule has 1 atom stereocenters. The molecule has 3 rings (SSSR count). The van der Waals surface area contributed by atoms with Gasteiger partial charge in [-0.15, -0.1) is 5.10 Å². The number of methoxy groups -OCH3 is 1. The molecule has 0 unspecified atom stereocenters. The first-order valence-corrected chi connectivity index (χ1v) is 10.1. The number of aromatic nitrogens is 4. The van der Waals surface area contributed by atoms with Gasteiger partial charge < -0.3 is 10.1 Å². The van der Waals surface area contributed by atoms with Gasteiger partial charge in [0.15, 0.2) is 0 Å². The van der Waals surface area contributed by atoms with Gasteiger partial charge in [0.1, 0.15) is 5.75 Å². The Bertz CT molecular complexity index is 788. The number of benzene rings is 1. The maximum atomic E-state index is 12.4. The zero-order valence-electron chi connectivity index (χ0n) is 15.7. The fourth-order valence-electron chi connectivity index (χ4n) is 2.97. The summed E-state index contributed by atoms with van der Waals surface area (Å²) in [5.74, 6) is 0.766. The molecule has 0 saturated carbocycles. The fourth-order valence-corrected chi connectivity index (χ4v) is 3.80. The summed E-state index contributed by atoms with van der Waals surface area (Å²) in [7, 11) is 1.62. The zero-order valence-corrected chi connectivity index (χ0v) is 16.5. The van der Waals surface area contributed by atoms with Crippen molar-refractivity contribution in [2.24, 2.45) is 0 Å². The van der Waals surface area contributed by atoms with Crippen molar-refractivity contribution in [1.82, 2.24) is 25.5 Å². The van der Waals surface area contributed by atoms with Crippen LogP contribution in [0.2, 0.25) is 0 Å². The largest absolute Gasteiger partial charge is 0.497 e. The van der Waals surface area contributed by atoms with Crippen LogP contribution >= 0.6 is 11.8 Å². The SMILES string of the molecule is COc1ccc(-n2nnnc2S[C@@H](C)C(=O)NCCC2=CCCCC2)cc1. The molecule has 1 heterocycles. The van der Waals surface area contributed by atoms with Crippen molar-refractivity contribution in [2.75, 3.05) is 13.7 Å². The molecule has 1 N–H and O–H groups in total. The highest BCUT2D eigenvalue weighted by molar-refractivity contribution is 8.00. The van der Waals surface area contributed by atoms with Crippen LogP contribution < -0.4 is 10.1 Å². The third-order valence-electron chi connectivity index (χ3n) is 4.54. The number of tetrazole rings is 1. The highest BCUT2D eigenvalue weighted by Crippen LogP contribution is 2.24. The number of thioether (sulfide) groups is 1. The molecule has 2 aromatic rings. The van der Waals surface area contributed by atoms with E-state index in [2.05, 4.69) is 26.9 Å². The van der Waals surface area contributed by atoms with Crippen LogP contribution in [0.25, 0.3) is 5.69 Å². The summed E-state index contributed by atoms with van der Waals surface area (Å²) < 4.78 is 6.80. The van der Waals surface area contributed by atoms with Crippen LogP contribution in [0.1, 0.15) is 39.0 Å². The number of carbonyl (C=O) groups is 1. The lowest BCUT2D eigenvalue weighted by molar-refractivity contribution is -0.120. The minimum atomic E-state index is -0.284. The van der Waals surface area contributed by atoms with Crippen molar-refractivity contribution in [3.05, 3.63) is 35.9 Å². The van der Waals surface area contributed by atoms with E-state index >= 15 is 0 Å². The Morgan fingerprint density at radius 1 is 1.33 bits per heavy atom. The van der Waals surface area contributed by atoms with Gasteiger partial charge in [0.05, 0.1) is 18.0 Å². The first-order chi connectivity index (χ1) is 13.2. The van der Waals surface area contributed by atoms with Crippen LogP contribution in [-0.4, -0.2) is 45.0 Å². The van der Waals surface area contributed by atoms with Crippen molar-refractivity contribution in [3.8, 4) is 11.4 Å². The first-order valence-electron chi connectivity index (χ1n) is 9.22. The van der Waals surface area contributed by atoms with E-state index in [-0.39, 0.29) is 11.2 Å². The summed E-state index contributed by atoms with van der Waals surface area (Å²) in [4.78, 5) is 12.4. The van der Waals surface area contributed by atoms with Crippen molar-refractivity contribution in [2.45, 2.75) is 49.4 Å². The van der Waals surface area contributed by atoms with Crippen molar-refractivity contribution >= 4 is 17.7 Å². The number of amides is 1. The van der Waals surface area contributed by atoms with Crippen LogP contribution in [0.5, 0.6) is 5.75 Å². The fraction of sp³-hybridized carbons (Fsp3) is 0.474. The minimum Gasteiger partial charge on any atom is -0.497 e. The van der Waals surface area contributed by atoms with E-state index in [0.717, 1.165) is 24.3 Å². The molecule has 1 aromatic carbocycles. The quantitative estimate of drug-likeness (QED) is 0.553. The maximum Gasteiger partial charge on any atom is 0.233 e. The van der Waals surface area contributed by atoms with Gasteiger partial charge in [-0.3, -0.25) is 4.79 Å². The molecule has 8 heteroatoms. The molecule has 0 bridgehead atoms. The smallest absolute Gasteiger partial charge is 0.233 e. The lowest BCUT2D eigenvalue weighted by Gasteiger charge is -2.14. The van der Waals surface area contributed by atoms with Gasteiger partial charge in [-0.25, -0.2) is 0 Å². The highest BCUT2D eigenvalue weighted by Gasteiger charge is 2.19. The number of hydrogen-bond acceptors (Lipinski definition) is 6. The summed E-state index contributed by atoms with van der Waals surface area (Å²) in [6.45, 7) is 2.55. The summed E-state index contributed by atoms with van der Waals surface area (Å²) in [5, 5.41) is 15.2. The van der Waals surface area contributed by atoms with Gasteiger partial charge in [0, 0.05) is 6.54 Å².